The molecule has 0 aliphatic rings. The average molecular weight is 328 g/mol. The van der Waals surface area contributed by atoms with E-state index in [9.17, 15) is 4.79 Å². The lowest BCUT2D eigenvalue weighted by Gasteiger charge is -2.12. The van der Waals surface area contributed by atoms with Gasteiger partial charge >= 0.3 is 0 Å². The molecule has 0 fully saturated rings. The van der Waals surface area contributed by atoms with Crippen molar-refractivity contribution in [2.45, 2.75) is 0 Å². The van der Waals surface area contributed by atoms with E-state index in [2.05, 4.69) is 0 Å². The smallest absolute Gasteiger partial charge is 0.185 e. The number of hydrogen-bond donors (Lipinski definition) is 0. The largest absolute Gasteiger partial charge is 0.497 e. The van der Waals surface area contributed by atoms with Crippen LogP contribution in [0.1, 0.15) is 15.9 Å². The van der Waals surface area contributed by atoms with Gasteiger partial charge in [-0.25, -0.2) is 0 Å². The third-order valence-corrected chi connectivity index (χ3v) is 3.52. The fourth-order valence-corrected chi connectivity index (χ4v) is 2.20. The number of benzene rings is 2. The van der Waals surface area contributed by atoms with Crippen LogP contribution in [0.4, 0.5) is 0 Å². The highest BCUT2D eigenvalue weighted by molar-refractivity contribution is 6.07. The van der Waals surface area contributed by atoms with Gasteiger partial charge in [0.05, 0.1) is 28.4 Å². The Hall–Kier alpha value is -2.95. The first-order valence-corrected chi connectivity index (χ1v) is 7.29. The van der Waals surface area contributed by atoms with Gasteiger partial charge in [0, 0.05) is 17.2 Å². The number of carbonyl (C=O) groups is 1. The number of ketones is 1. The fourth-order valence-electron chi connectivity index (χ4n) is 2.20. The van der Waals surface area contributed by atoms with Crippen LogP contribution in [0.25, 0.3) is 6.08 Å². The van der Waals surface area contributed by atoms with Gasteiger partial charge in [-0.05, 0) is 42.5 Å². The number of hydrogen-bond acceptors (Lipinski definition) is 5. The van der Waals surface area contributed by atoms with Gasteiger partial charge in [-0.3, -0.25) is 4.79 Å². The molecular formula is C19H20O5. The number of carbonyl (C=O) groups excluding carboxylic acids is 1. The van der Waals surface area contributed by atoms with Crippen LogP contribution >= 0.6 is 0 Å². The van der Waals surface area contributed by atoms with Crippen molar-refractivity contribution in [2.75, 3.05) is 28.4 Å². The van der Waals surface area contributed by atoms with Crippen molar-refractivity contribution in [3.05, 3.63) is 53.6 Å². The van der Waals surface area contributed by atoms with Gasteiger partial charge in [0.15, 0.2) is 17.3 Å². The topological polar surface area (TPSA) is 54.0 Å². The van der Waals surface area contributed by atoms with Crippen LogP contribution in [0.2, 0.25) is 0 Å². The van der Waals surface area contributed by atoms with Crippen molar-refractivity contribution in [3.8, 4) is 23.0 Å². The van der Waals surface area contributed by atoms with E-state index < -0.39 is 0 Å². The molecule has 5 nitrogen and oxygen atoms in total. The lowest BCUT2D eigenvalue weighted by molar-refractivity contribution is 0.104. The first-order chi connectivity index (χ1) is 11.6. The Morgan fingerprint density at radius 2 is 1.38 bits per heavy atom. The monoisotopic (exact) mass is 328 g/mol. The third-order valence-electron chi connectivity index (χ3n) is 3.52. The minimum Gasteiger partial charge on any atom is -0.497 e. The van der Waals surface area contributed by atoms with Crippen molar-refractivity contribution < 1.29 is 23.7 Å². The normalized spacial score (nSPS) is 10.5. The summed E-state index contributed by atoms with van der Waals surface area (Å²) in [6.07, 6.45) is 3.18. The van der Waals surface area contributed by atoms with Gasteiger partial charge in [0.25, 0.3) is 0 Å². The molecule has 0 heterocycles. The van der Waals surface area contributed by atoms with Gasteiger partial charge in [-0.15, -0.1) is 0 Å². The molecule has 2 aromatic rings. The fraction of sp³-hybridized carbons (Fsp3) is 0.211. The van der Waals surface area contributed by atoms with Crippen LogP contribution in [0.15, 0.2) is 42.5 Å². The highest BCUT2D eigenvalue weighted by Crippen LogP contribution is 2.35. The summed E-state index contributed by atoms with van der Waals surface area (Å²) in [4.78, 5) is 12.3. The lowest BCUT2D eigenvalue weighted by Crippen LogP contribution is -1.96. The van der Waals surface area contributed by atoms with Gasteiger partial charge in [0.1, 0.15) is 11.5 Å². The molecule has 0 spiro atoms. The zero-order chi connectivity index (χ0) is 17.5. The van der Waals surface area contributed by atoms with E-state index in [1.54, 1.807) is 70.9 Å². The molecule has 0 radical (unpaired) electrons. The molecular weight excluding hydrogens is 308 g/mol. The summed E-state index contributed by atoms with van der Waals surface area (Å²) in [5, 5.41) is 0. The molecule has 0 amide bonds. The third kappa shape index (κ3) is 3.87. The SMILES string of the molecule is COc1ccc(C(=O)/C=C/c2cc(OC)c(OC)cc2OC)cc1. The van der Waals surface area contributed by atoms with E-state index >= 15 is 0 Å². The van der Waals surface area contributed by atoms with E-state index in [1.165, 1.54) is 6.08 Å². The summed E-state index contributed by atoms with van der Waals surface area (Å²) in [5.41, 5.74) is 1.29. The molecule has 0 aliphatic heterocycles. The Bertz CT molecular complexity index is 732. The minimum absolute atomic E-state index is 0.116. The molecule has 0 saturated carbocycles. The van der Waals surface area contributed by atoms with Gasteiger partial charge in [-0.2, -0.15) is 0 Å². The van der Waals surface area contributed by atoms with E-state index in [-0.39, 0.29) is 5.78 Å². The summed E-state index contributed by atoms with van der Waals surface area (Å²) in [6, 6.07) is 10.4. The zero-order valence-electron chi connectivity index (χ0n) is 14.2. The molecule has 2 aromatic carbocycles. The van der Waals surface area contributed by atoms with Crippen molar-refractivity contribution in [3.63, 3.8) is 0 Å². The Kier molecular flexibility index (Phi) is 5.84. The van der Waals surface area contributed by atoms with Crippen molar-refractivity contribution in [2.24, 2.45) is 0 Å². The highest BCUT2D eigenvalue weighted by Gasteiger charge is 2.10. The quantitative estimate of drug-likeness (QED) is 0.574. The van der Waals surface area contributed by atoms with E-state index in [0.717, 1.165) is 5.56 Å². The van der Waals surface area contributed by atoms with Gasteiger partial charge in [0.2, 0.25) is 0 Å². The maximum atomic E-state index is 12.3. The molecule has 0 bridgehead atoms. The highest BCUT2D eigenvalue weighted by atomic mass is 16.5. The number of allylic oxidation sites excluding steroid dienone is 1. The van der Waals surface area contributed by atoms with Gasteiger partial charge in [-0.1, -0.05) is 0 Å². The number of methoxy groups -OCH3 is 4. The lowest BCUT2D eigenvalue weighted by atomic mass is 10.1. The second-order valence-corrected chi connectivity index (χ2v) is 4.88. The Morgan fingerprint density at radius 1 is 0.792 bits per heavy atom. The van der Waals surface area contributed by atoms with Crippen LogP contribution in [0.3, 0.4) is 0 Å². The minimum atomic E-state index is -0.116. The van der Waals surface area contributed by atoms with Crippen LogP contribution in [0, 0.1) is 0 Å². The molecule has 0 saturated heterocycles. The Labute approximate surface area is 141 Å². The van der Waals surface area contributed by atoms with Crippen LogP contribution in [-0.2, 0) is 0 Å². The molecule has 0 aliphatic carbocycles. The number of rotatable bonds is 7. The molecule has 24 heavy (non-hydrogen) atoms. The van der Waals surface area contributed by atoms with E-state index in [1.807, 2.05) is 0 Å². The average Bonchev–Trinajstić information content (AvgIpc) is 2.65. The van der Waals surface area contributed by atoms with Gasteiger partial charge < -0.3 is 18.9 Å². The molecule has 5 heteroatoms. The summed E-state index contributed by atoms with van der Waals surface area (Å²) in [5.74, 6) is 2.31. The van der Waals surface area contributed by atoms with Crippen molar-refractivity contribution >= 4 is 11.9 Å². The molecule has 2 rings (SSSR count). The van der Waals surface area contributed by atoms with E-state index in [0.29, 0.717) is 28.6 Å². The van der Waals surface area contributed by atoms with Crippen molar-refractivity contribution in [1.82, 2.24) is 0 Å². The van der Waals surface area contributed by atoms with Crippen LogP contribution < -0.4 is 18.9 Å². The molecule has 0 aromatic heterocycles. The van der Waals surface area contributed by atoms with Crippen molar-refractivity contribution in [1.29, 1.82) is 0 Å². The molecule has 0 unspecified atom stereocenters. The second kappa shape index (κ2) is 8.06. The standard InChI is InChI=1S/C19H20O5/c1-21-15-8-5-13(6-9-15)16(20)10-7-14-11-18(23-3)19(24-4)12-17(14)22-2/h5-12H,1-4H3/b10-7+. The first kappa shape index (κ1) is 17.4. The molecule has 0 N–H and O–H groups in total. The van der Waals surface area contributed by atoms with Crippen LogP contribution in [0.5, 0.6) is 23.0 Å². The summed E-state index contributed by atoms with van der Waals surface area (Å²) in [6.45, 7) is 0. The second-order valence-electron chi connectivity index (χ2n) is 4.88. The summed E-state index contributed by atoms with van der Waals surface area (Å²) >= 11 is 0. The zero-order valence-corrected chi connectivity index (χ0v) is 14.2. The summed E-state index contributed by atoms with van der Waals surface area (Å²) in [7, 11) is 6.25. The maximum Gasteiger partial charge on any atom is 0.185 e. The number of ether oxygens (including phenoxy) is 4. The molecule has 126 valence electrons. The molecule has 0 atom stereocenters. The Morgan fingerprint density at radius 3 is 1.92 bits per heavy atom. The maximum absolute atomic E-state index is 12.3. The van der Waals surface area contributed by atoms with Crippen LogP contribution in [-0.4, -0.2) is 34.2 Å². The predicted molar refractivity (Wildman–Crippen MR) is 92.5 cm³/mol. The summed E-state index contributed by atoms with van der Waals surface area (Å²) < 4.78 is 20.9. The Balaban J connectivity index is 2.27. The predicted octanol–water partition coefficient (Wildman–Crippen LogP) is 3.62. The first-order valence-electron chi connectivity index (χ1n) is 7.29. The van der Waals surface area contributed by atoms with E-state index in [4.69, 9.17) is 18.9 Å².